The van der Waals surface area contributed by atoms with Gasteiger partial charge in [0.05, 0.1) is 6.26 Å². The fourth-order valence-electron chi connectivity index (χ4n) is 4.23. The molecular weight excluding hydrogens is 356 g/mol. The number of rotatable bonds is 5. The zero-order chi connectivity index (χ0) is 20.1. The van der Waals surface area contributed by atoms with Crippen molar-refractivity contribution in [1.29, 1.82) is 0 Å². The number of nitrogens with one attached hydrogen (secondary N) is 2. The van der Waals surface area contributed by atoms with E-state index in [0.29, 0.717) is 18.4 Å². The van der Waals surface area contributed by atoms with Gasteiger partial charge in [-0.15, -0.1) is 0 Å². The molecule has 28 heavy (non-hydrogen) atoms. The third-order valence-electron chi connectivity index (χ3n) is 5.39. The number of furan rings is 1. The Hall–Kier alpha value is -2.18. The smallest absolute Gasteiger partial charge is 0.407 e. The van der Waals surface area contributed by atoms with Gasteiger partial charge >= 0.3 is 6.09 Å². The highest BCUT2D eigenvalue weighted by Gasteiger charge is 2.44. The van der Waals surface area contributed by atoms with Gasteiger partial charge in [0.25, 0.3) is 0 Å². The van der Waals surface area contributed by atoms with Crippen LogP contribution < -0.4 is 10.6 Å². The van der Waals surface area contributed by atoms with Crippen molar-refractivity contribution < 1.29 is 13.9 Å². The Labute approximate surface area is 167 Å². The quantitative estimate of drug-likeness (QED) is 0.597. The maximum absolute atomic E-state index is 12.2. The Balaban J connectivity index is 1.56. The molecule has 7 heteroatoms. The number of alkyl carbamates (subject to hydrolysis) is 1. The summed E-state index contributed by atoms with van der Waals surface area (Å²) in [5.41, 5.74) is -0.470. The summed E-state index contributed by atoms with van der Waals surface area (Å²) in [5.74, 6) is 2.95. The van der Waals surface area contributed by atoms with E-state index in [9.17, 15) is 4.79 Å². The van der Waals surface area contributed by atoms with Crippen molar-refractivity contribution in [3.63, 3.8) is 0 Å². The molecule has 1 amide bonds. The fraction of sp³-hybridized carbons (Fsp3) is 0.714. The van der Waals surface area contributed by atoms with Gasteiger partial charge in [-0.05, 0) is 58.6 Å². The van der Waals surface area contributed by atoms with Crippen LogP contribution in [0.15, 0.2) is 27.8 Å². The van der Waals surface area contributed by atoms with Crippen LogP contribution in [0.2, 0.25) is 0 Å². The summed E-state index contributed by atoms with van der Waals surface area (Å²) < 4.78 is 10.8. The minimum Gasteiger partial charge on any atom is -0.469 e. The third-order valence-corrected chi connectivity index (χ3v) is 5.39. The van der Waals surface area contributed by atoms with E-state index in [-0.39, 0.29) is 12.1 Å². The Bertz CT molecular complexity index is 666. The van der Waals surface area contributed by atoms with Crippen molar-refractivity contribution >= 4 is 12.1 Å². The van der Waals surface area contributed by atoms with E-state index >= 15 is 0 Å². The number of hydrogen-bond donors (Lipinski definition) is 2. The van der Waals surface area contributed by atoms with Gasteiger partial charge in [-0.25, -0.2) is 4.79 Å². The number of carbonyl (C=O) groups is 1. The molecule has 3 atom stereocenters. The second-order valence-corrected chi connectivity index (χ2v) is 8.72. The number of fused-ring (bicyclic) bond motifs is 1. The molecule has 0 radical (unpaired) electrons. The molecule has 0 spiro atoms. The Kier molecular flexibility index (Phi) is 6.52. The van der Waals surface area contributed by atoms with Gasteiger partial charge in [0, 0.05) is 44.6 Å². The van der Waals surface area contributed by atoms with Gasteiger partial charge in [0.2, 0.25) is 0 Å². The molecule has 3 rings (SSSR count). The molecule has 7 nitrogen and oxygen atoms in total. The van der Waals surface area contributed by atoms with Crippen molar-refractivity contribution in [2.24, 2.45) is 16.8 Å². The van der Waals surface area contributed by atoms with E-state index in [0.717, 1.165) is 50.6 Å². The van der Waals surface area contributed by atoms with Gasteiger partial charge in [-0.3, -0.25) is 4.99 Å². The van der Waals surface area contributed by atoms with Gasteiger partial charge in [0.15, 0.2) is 5.96 Å². The van der Waals surface area contributed by atoms with E-state index in [1.807, 2.05) is 32.9 Å². The molecule has 1 saturated carbocycles. The van der Waals surface area contributed by atoms with Crippen molar-refractivity contribution in [2.45, 2.75) is 58.6 Å². The number of hydrogen-bond acceptors (Lipinski definition) is 4. The van der Waals surface area contributed by atoms with Crippen LogP contribution in [0, 0.1) is 11.8 Å². The zero-order valence-electron chi connectivity index (χ0n) is 17.5. The van der Waals surface area contributed by atoms with E-state index in [1.54, 1.807) is 6.26 Å². The maximum Gasteiger partial charge on any atom is 0.407 e. The molecule has 1 aromatic heterocycles. The molecular formula is C21H34N4O3. The molecule has 1 aliphatic heterocycles. The molecule has 2 heterocycles. The number of likely N-dealkylation sites (tertiary alicyclic amines) is 1. The molecule has 0 aromatic carbocycles. The van der Waals surface area contributed by atoms with E-state index in [1.165, 1.54) is 0 Å². The Morgan fingerprint density at radius 3 is 2.86 bits per heavy atom. The lowest BCUT2D eigenvalue weighted by Crippen LogP contribution is -2.44. The topological polar surface area (TPSA) is 79.1 Å². The normalized spacial score (nSPS) is 24.9. The lowest BCUT2D eigenvalue weighted by Gasteiger charge is -2.26. The molecule has 156 valence electrons. The van der Waals surface area contributed by atoms with Crippen molar-refractivity contribution in [3.8, 4) is 0 Å². The number of nitrogens with zero attached hydrogens (tertiary/aromatic N) is 2. The molecule has 2 aliphatic rings. The monoisotopic (exact) mass is 390 g/mol. The van der Waals surface area contributed by atoms with Crippen LogP contribution in [0.1, 0.15) is 46.3 Å². The molecule has 3 unspecified atom stereocenters. The fourth-order valence-corrected chi connectivity index (χ4v) is 4.23. The largest absolute Gasteiger partial charge is 0.469 e. The Morgan fingerprint density at radius 1 is 1.36 bits per heavy atom. The number of carbonyl (C=O) groups excluding carboxylic acids is 1. The number of guanidine groups is 1. The zero-order valence-corrected chi connectivity index (χ0v) is 17.5. The maximum atomic E-state index is 12.2. The highest BCUT2D eigenvalue weighted by atomic mass is 16.6. The summed E-state index contributed by atoms with van der Waals surface area (Å²) in [5, 5.41) is 6.51. The average molecular weight is 391 g/mol. The van der Waals surface area contributed by atoms with Crippen LogP contribution in [0.25, 0.3) is 0 Å². The number of aliphatic imine (C=N–C) groups is 1. The van der Waals surface area contributed by atoms with Crippen LogP contribution in [0.3, 0.4) is 0 Å². The highest BCUT2D eigenvalue weighted by Crippen LogP contribution is 2.38. The SMILES string of the molecule is CCNC(=NCCc1ccco1)N1CC2CCC(NC(=O)OC(C)(C)C)C2C1. The lowest BCUT2D eigenvalue weighted by molar-refractivity contribution is 0.0492. The van der Waals surface area contributed by atoms with E-state index < -0.39 is 5.60 Å². The van der Waals surface area contributed by atoms with Crippen LogP contribution in [0.5, 0.6) is 0 Å². The number of ether oxygens (including phenoxy) is 1. The van der Waals surface area contributed by atoms with Crippen LogP contribution in [-0.4, -0.2) is 54.8 Å². The second kappa shape index (κ2) is 8.88. The predicted molar refractivity (Wildman–Crippen MR) is 109 cm³/mol. The third kappa shape index (κ3) is 5.42. The lowest BCUT2D eigenvalue weighted by atomic mass is 9.98. The van der Waals surface area contributed by atoms with Crippen molar-refractivity contribution in [3.05, 3.63) is 24.2 Å². The van der Waals surface area contributed by atoms with Gasteiger partial charge in [-0.2, -0.15) is 0 Å². The number of amides is 1. The minimum absolute atomic E-state index is 0.177. The van der Waals surface area contributed by atoms with Crippen molar-refractivity contribution in [1.82, 2.24) is 15.5 Å². The summed E-state index contributed by atoms with van der Waals surface area (Å²) in [6, 6.07) is 4.06. The first-order valence-electron chi connectivity index (χ1n) is 10.4. The molecule has 2 N–H and O–H groups in total. The van der Waals surface area contributed by atoms with Gasteiger partial charge in [-0.1, -0.05) is 0 Å². The molecule has 1 saturated heterocycles. The summed E-state index contributed by atoms with van der Waals surface area (Å²) in [6.07, 6.45) is 4.34. The van der Waals surface area contributed by atoms with Crippen molar-refractivity contribution in [2.75, 3.05) is 26.2 Å². The summed E-state index contributed by atoms with van der Waals surface area (Å²) in [7, 11) is 0. The average Bonchev–Trinajstić information content (AvgIpc) is 3.31. The molecule has 1 aromatic rings. The van der Waals surface area contributed by atoms with Crippen LogP contribution in [0.4, 0.5) is 4.79 Å². The summed E-state index contributed by atoms with van der Waals surface area (Å²) in [4.78, 5) is 19.3. The minimum atomic E-state index is -0.470. The highest BCUT2D eigenvalue weighted by molar-refractivity contribution is 5.80. The first kappa shape index (κ1) is 20.6. The van der Waals surface area contributed by atoms with Crippen LogP contribution >= 0.6 is 0 Å². The first-order valence-corrected chi connectivity index (χ1v) is 10.4. The summed E-state index contributed by atoms with van der Waals surface area (Å²) in [6.45, 7) is 11.2. The standard InChI is InChI=1S/C21H34N4O3/c1-5-22-19(23-11-10-16-7-6-12-27-16)25-13-15-8-9-18(17(15)14-25)24-20(26)28-21(2,3)4/h6-7,12,15,17-18H,5,8-11,13-14H2,1-4H3,(H,22,23)(H,24,26). The van der Waals surface area contributed by atoms with E-state index in [4.69, 9.17) is 14.1 Å². The molecule has 1 aliphatic carbocycles. The predicted octanol–water partition coefficient (Wildman–Crippen LogP) is 3.02. The first-order chi connectivity index (χ1) is 13.4. The van der Waals surface area contributed by atoms with E-state index in [2.05, 4.69) is 22.5 Å². The Morgan fingerprint density at radius 2 is 2.18 bits per heavy atom. The summed E-state index contributed by atoms with van der Waals surface area (Å²) >= 11 is 0. The molecule has 0 bridgehead atoms. The van der Waals surface area contributed by atoms with Gasteiger partial charge in [0.1, 0.15) is 11.4 Å². The van der Waals surface area contributed by atoms with Gasteiger partial charge < -0.3 is 24.7 Å². The second-order valence-electron chi connectivity index (χ2n) is 8.72. The molecule has 2 fully saturated rings. The van der Waals surface area contributed by atoms with Crippen LogP contribution in [-0.2, 0) is 11.2 Å².